The smallest absolute Gasteiger partial charge is 0.176 e. The second-order valence-electron chi connectivity index (χ2n) is 2.84. The average molecular weight is 352 g/mol. The van der Waals surface area contributed by atoms with Crippen LogP contribution in [-0.4, -0.2) is 19.9 Å². The summed E-state index contributed by atoms with van der Waals surface area (Å²) < 4.78 is 12.3. The van der Waals surface area contributed by atoms with Crippen LogP contribution in [0.3, 0.4) is 0 Å². The zero-order chi connectivity index (χ0) is 12.1. The standard InChI is InChI=1S/C10H12Br2N2O2/c1-3-16-10-7(15-2)4-6(5-14-13)8(11)9(10)12/h4-5H,3,13H2,1-2H3. The quantitative estimate of drug-likeness (QED) is 0.515. The van der Waals surface area contributed by atoms with Crippen LogP contribution in [-0.2, 0) is 0 Å². The molecule has 0 aromatic heterocycles. The first-order valence-corrected chi connectivity index (χ1v) is 6.16. The van der Waals surface area contributed by atoms with Crippen LogP contribution in [0.4, 0.5) is 0 Å². The lowest BCUT2D eigenvalue weighted by Crippen LogP contribution is -1.99. The van der Waals surface area contributed by atoms with Crippen molar-refractivity contribution in [3.63, 3.8) is 0 Å². The number of nitrogens with zero attached hydrogens (tertiary/aromatic N) is 1. The molecule has 0 aliphatic rings. The molecule has 0 amide bonds. The Balaban J connectivity index is 3.36. The summed E-state index contributed by atoms with van der Waals surface area (Å²) >= 11 is 6.88. The molecule has 0 bridgehead atoms. The van der Waals surface area contributed by atoms with Crippen LogP contribution in [0.25, 0.3) is 0 Å². The lowest BCUT2D eigenvalue weighted by atomic mass is 10.2. The lowest BCUT2D eigenvalue weighted by Gasteiger charge is -2.13. The van der Waals surface area contributed by atoms with Crippen molar-refractivity contribution >= 4 is 38.1 Å². The summed E-state index contributed by atoms with van der Waals surface area (Å²) in [6.07, 6.45) is 1.53. The summed E-state index contributed by atoms with van der Waals surface area (Å²) in [7, 11) is 1.58. The van der Waals surface area contributed by atoms with Crippen LogP contribution in [0.5, 0.6) is 11.5 Å². The molecule has 2 N–H and O–H groups in total. The van der Waals surface area contributed by atoms with Gasteiger partial charge in [0.15, 0.2) is 11.5 Å². The second kappa shape index (κ2) is 6.10. The van der Waals surface area contributed by atoms with Crippen LogP contribution < -0.4 is 15.3 Å². The molecule has 0 heterocycles. The SMILES string of the molecule is CCOc1c(OC)cc(C=NN)c(Br)c1Br. The van der Waals surface area contributed by atoms with Gasteiger partial charge in [-0.25, -0.2) is 0 Å². The number of hydrazone groups is 1. The fraction of sp³-hybridized carbons (Fsp3) is 0.300. The summed E-state index contributed by atoms with van der Waals surface area (Å²) in [6.45, 7) is 2.47. The maximum absolute atomic E-state index is 5.50. The summed E-state index contributed by atoms with van der Waals surface area (Å²) in [5.74, 6) is 6.42. The van der Waals surface area contributed by atoms with Crippen LogP contribution in [0, 0.1) is 0 Å². The minimum absolute atomic E-state index is 0.561. The Hall–Kier alpha value is -0.750. The Morgan fingerprint density at radius 2 is 2.12 bits per heavy atom. The molecule has 6 heteroatoms. The maximum atomic E-state index is 5.50. The maximum Gasteiger partial charge on any atom is 0.176 e. The van der Waals surface area contributed by atoms with Crippen molar-refractivity contribution in [3.8, 4) is 11.5 Å². The molecule has 1 aromatic rings. The van der Waals surface area contributed by atoms with Gasteiger partial charge in [-0.05, 0) is 44.8 Å². The number of rotatable bonds is 4. The molecular formula is C10H12Br2N2O2. The van der Waals surface area contributed by atoms with E-state index in [1.54, 1.807) is 13.2 Å². The highest BCUT2D eigenvalue weighted by atomic mass is 79.9. The van der Waals surface area contributed by atoms with Gasteiger partial charge in [0.25, 0.3) is 0 Å². The van der Waals surface area contributed by atoms with Crippen molar-refractivity contribution in [1.82, 2.24) is 0 Å². The van der Waals surface area contributed by atoms with E-state index < -0.39 is 0 Å². The Morgan fingerprint density at radius 3 is 2.62 bits per heavy atom. The third kappa shape index (κ3) is 2.68. The number of methoxy groups -OCH3 is 1. The first-order valence-electron chi connectivity index (χ1n) is 4.57. The molecule has 16 heavy (non-hydrogen) atoms. The highest BCUT2D eigenvalue weighted by Gasteiger charge is 2.15. The molecule has 0 aliphatic heterocycles. The molecule has 0 fully saturated rings. The molecule has 0 atom stereocenters. The van der Waals surface area contributed by atoms with Gasteiger partial charge in [0, 0.05) is 10.0 Å². The van der Waals surface area contributed by atoms with Crippen molar-refractivity contribution in [2.24, 2.45) is 10.9 Å². The predicted octanol–water partition coefficient (Wildman–Crippen LogP) is 2.91. The van der Waals surface area contributed by atoms with E-state index in [4.69, 9.17) is 15.3 Å². The Labute approximate surface area is 111 Å². The average Bonchev–Trinajstić information content (AvgIpc) is 2.29. The van der Waals surface area contributed by atoms with E-state index in [1.807, 2.05) is 6.92 Å². The zero-order valence-electron chi connectivity index (χ0n) is 8.96. The van der Waals surface area contributed by atoms with E-state index >= 15 is 0 Å². The summed E-state index contributed by atoms with van der Waals surface area (Å²) in [6, 6.07) is 1.80. The third-order valence-corrected chi connectivity index (χ3v) is 4.02. The molecule has 1 rings (SSSR count). The zero-order valence-corrected chi connectivity index (χ0v) is 12.1. The van der Waals surface area contributed by atoms with Gasteiger partial charge in [-0.15, -0.1) is 0 Å². The van der Waals surface area contributed by atoms with Crippen molar-refractivity contribution in [1.29, 1.82) is 0 Å². The molecule has 0 unspecified atom stereocenters. The molecule has 0 saturated heterocycles. The third-order valence-electron chi connectivity index (χ3n) is 1.88. The lowest BCUT2D eigenvalue weighted by molar-refractivity contribution is 0.308. The van der Waals surface area contributed by atoms with Gasteiger partial charge in [0.1, 0.15) is 0 Å². The summed E-state index contributed by atoms with van der Waals surface area (Å²) in [4.78, 5) is 0. The van der Waals surface area contributed by atoms with Gasteiger partial charge in [-0.3, -0.25) is 0 Å². The normalized spacial score (nSPS) is 10.8. The molecule has 0 aliphatic carbocycles. The van der Waals surface area contributed by atoms with E-state index in [1.165, 1.54) is 6.21 Å². The molecular weight excluding hydrogens is 340 g/mol. The minimum atomic E-state index is 0.561. The highest BCUT2D eigenvalue weighted by Crippen LogP contribution is 2.42. The topological polar surface area (TPSA) is 56.8 Å². The fourth-order valence-electron chi connectivity index (χ4n) is 1.21. The van der Waals surface area contributed by atoms with Crippen molar-refractivity contribution in [2.45, 2.75) is 6.92 Å². The van der Waals surface area contributed by atoms with Gasteiger partial charge in [-0.1, -0.05) is 0 Å². The van der Waals surface area contributed by atoms with Gasteiger partial charge in [0.05, 0.1) is 24.4 Å². The Bertz CT molecular complexity index is 408. The number of nitrogens with two attached hydrogens (primary N) is 1. The second-order valence-corrected chi connectivity index (χ2v) is 4.42. The molecule has 4 nitrogen and oxygen atoms in total. The minimum Gasteiger partial charge on any atom is -0.493 e. The van der Waals surface area contributed by atoms with Crippen LogP contribution in [0.2, 0.25) is 0 Å². The first-order chi connectivity index (χ1) is 7.65. The van der Waals surface area contributed by atoms with Crippen LogP contribution in [0.1, 0.15) is 12.5 Å². The number of hydrogen-bond acceptors (Lipinski definition) is 4. The first kappa shape index (κ1) is 13.3. The van der Waals surface area contributed by atoms with Crippen LogP contribution >= 0.6 is 31.9 Å². The van der Waals surface area contributed by atoms with E-state index in [0.29, 0.717) is 18.1 Å². The fourth-order valence-corrected chi connectivity index (χ4v) is 2.15. The van der Waals surface area contributed by atoms with Crippen molar-refractivity contribution in [2.75, 3.05) is 13.7 Å². The van der Waals surface area contributed by atoms with Crippen LogP contribution in [0.15, 0.2) is 20.1 Å². The monoisotopic (exact) mass is 350 g/mol. The molecule has 88 valence electrons. The van der Waals surface area contributed by atoms with Crippen molar-refractivity contribution < 1.29 is 9.47 Å². The van der Waals surface area contributed by atoms with E-state index in [9.17, 15) is 0 Å². The number of benzene rings is 1. The molecule has 0 spiro atoms. The Morgan fingerprint density at radius 1 is 1.44 bits per heavy atom. The number of ether oxygens (including phenoxy) is 2. The Kier molecular flexibility index (Phi) is 5.08. The van der Waals surface area contributed by atoms with Crippen molar-refractivity contribution in [3.05, 3.63) is 20.6 Å². The number of hydrogen-bond donors (Lipinski definition) is 1. The van der Waals surface area contributed by atoms with E-state index in [2.05, 4.69) is 37.0 Å². The molecule has 1 aromatic carbocycles. The molecule has 0 radical (unpaired) electrons. The van der Waals surface area contributed by atoms with Gasteiger partial charge in [-0.2, -0.15) is 5.10 Å². The van der Waals surface area contributed by atoms with E-state index in [-0.39, 0.29) is 0 Å². The summed E-state index contributed by atoms with van der Waals surface area (Å²) in [5.41, 5.74) is 0.815. The van der Waals surface area contributed by atoms with Gasteiger partial charge >= 0.3 is 0 Å². The largest absolute Gasteiger partial charge is 0.493 e. The summed E-state index contributed by atoms with van der Waals surface area (Å²) in [5, 5.41) is 3.49. The van der Waals surface area contributed by atoms with E-state index in [0.717, 1.165) is 14.5 Å². The van der Waals surface area contributed by atoms with Gasteiger partial charge in [0.2, 0.25) is 0 Å². The molecule has 0 saturated carbocycles. The predicted molar refractivity (Wildman–Crippen MR) is 71.3 cm³/mol. The number of halogens is 2. The highest BCUT2D eigenvalue weighted by molar-refractivity contribution is 9.13. The van der Waals surface area contributed by atoms with Gasteiger partial charge < -0.3 is 15.3 Å².